The molecule has 0 aliphatic heterocycles. The van der Waals surface area contributed by atoms with E-state index >= 15 is 0 Å². The van der Waals surface area contributed by atoms with Gasteiger partial charge in [0.1, 0.15) is 0 Å². The highest BCUT2D eigenvalue weighted by Crippen LogP contribution is 2.55. The number of carbonyl (C=O) groups excluding carboxylic acids is 1. The number of carbonyl (C=O) groups is 1. The minimum atomic E-state index is 0.375. The van der Waals surface area contributed by atoms with Crippen LogP contribution in [0.2, 0.25) is 0 Å². The third-order valence-corrected chi connectivity index (χ3v) is 4.31. The van der Waals surface area contributed by atoms with Gasteiger partial charge in [-0.2, -0.15) is 0 Å². The Morgan fingerprint density at radius 2 is 1.60 bits per heavy atom. The highest BCUT2D eigenvalue weighted by Gasteiger charge is 2.44. The topological polar surface area (TPSA) is 52.3 Å². The van der Waals surface area contributed by atoms with Gasteiger partial charge in [-0.3, -0.25) is 4.79 Å². The third-order valence-electron chi connectivity index (χ3n) is 4.31. The van der Waals surface area contributed by atoms with Crippen molar-refractivity contribution in [3.63, 3.8) is 0 Å². The summed E-state index contributed by atoms with van der Waals surface area (Å²) < 4.78 is 3.86. The molecule has 3 aliphatic carbocycles. The summed E-state index contributed by atoms with van der Waals surface area (Å²) in [4.78, 5) is 8.95. The lowest BCUT2D eigenvalue weighted by Crippen LogP contribution is -2.43. The van der Waals surface area contributed by atoms with E-state index in [9.17, 15) is 0 Å². The van der Waals surface area contributed by atoms with Crippen LogP contribution in [-0.4, -0.2) is 20.1 Å². The predicted molar refractivity (Wildman–Crippen MR) is 60.4 cm³/mol. The summed E-state index contributed by atoms with van der Waals surface area (Å²) in [5.41, 5.74) is 7.10. The van der Waals surface area contributed by atoms with Gasteiger partial charge in [0.25, 0.3) is 6.47 Å². The smallest absolute Gasteiger partial charge is 0.292 e. The normalized spacial score (nSPS) is 37.8. The van der Waals surface area contributed by atoms with Crippen molar-refractivity contribution in [3.8, 4) is 0 Å². The minimum Gasteiger partial charge on any atom is -0.471 e. The molecule has 0 heterocycles. The second kappa shape index (κ2) is 4.97. The second-order valence-corrected chi connectivity index (χ2v) is 5.35. The van der Waals surface area contributed by atoms with Gasteiger partial charge in [-0.1, -0.05) is 6.92 Å². The summed E-state index contributed by atoms with van der Waals surface area (Å²) in [5, 5.41) is 0. The Balaban J connectivity index is 0.000000245. The zero-order valence-corrected chi connectivity index (χ0v) is 9.92. The zero-order valence-electron chi connectivity index (χ0n) is 9.92. The quantitative estimate of drug-likeness (QED) is 0.715. The first kappa shape index (κ1) is 12.5. The van der Waals surface area contributed by atoms with E-state index in [0.29, 0.717) is 17.3 Å². The van der Waals surface area contributed by atoms with Crippen LogP contribution < -0.4 is 5.73 Å². The molecule has 15 heavy (non-hydrogen) atoms. The van der Waals surface area contributed by atoms with E-state index in [1.807, 2.05) is 0 Å². The summed E-state index contributed by atoms with van der Waals surface area (Å²) in [7, 11) is 1.31. The molecule has 3 heteroatoms. The van der Waals surface area contributed by atoms with E-state index in [4.69, 9.17) is 10.5 Å². The fourth-order valence-electron chi connectivity index (χ4n) is 2.76. The number of nitrogens with two attached hydrogens (primary N) is 1. The molecule has 3 fully saturated rings. The van der Waals surface area contributed by atoms with Gasteiger partial charge in [0.05, 0.1) is 7.11 Å². The summed E-state index contributed by atoms with van der Waals surface area (Å²) in [5.74, 6) is 0. The molecule has 88 valence electrons. The van der Waals surface area contributed by atoms with Crippen molar-refractivity contribution in [2.24, 2.45) is 16.6 Å². The number of hydrogen-bond acceptors (Lipinski definition) is 3. The Morgan fingerprint density at radius 3 is 1.87 bits per heavy atom. The fraction of sp³-hybridized carbons (Fsp3) is 0.917. The molecular formula is C12H23NO2. The van der Waals surface area contributed by atoms with Crippen molar-refractivity contribution in [2.45, 2.75) is 45.4 Å². The van der Waals surface area contributed by atoms with Crippen LogP contribution in [0, 0.1) is 10.8 Å². The molecule has 3 aliphatic rings. The molecule has 0 saturated heterocycles. The van der Waals surface area contributed by atoms with Crippen LogP contribution in [0.15, 0.2) is 0 Å². The molecule has 0 spiro atoms. The lowest BCUT2D eigenvalue weighted by Gasteiger charge is -2.51. The first-order chi connectivity index (χ1) is 7.10. The van der Waals surface area contributed by atoms with E-state index in [-0.39, 0.29) is 0 Å². The molecule has 0 aromatic carbocycles. The molecule has 0 radical (unpaired) electrons. The van der Waals surface area contributed by atoms with Crippen LogP contribution in [-0.2, 0) is 9.53 Å². The van der Waals surface area contributed by atoms with Crippen molar-refractivity contribution in [1.82, 2.24) is 0 Å². The summed E-state index contributed by atoms with van der Waals surface area (Å²) >= 11 is 0. The molecule has 3 rings (SSSR count). The summed E-state index contributed by atoms with van der Waals surface area (Å²) in [6, 6.07) is 0. The summed E-state index contributed by atoms with van der Waals surface area (Å²) in [6.07, 6.45) is 8.51. The maximum atomic E-state index is 8.95. The average molecular weight is 213 g/mol. The van der Waals surface area contributed by atoms with Crippen LogP contribution in [0.1, 0.15) is 45.4 Å². The standard InChI is InChI=1S/C10H19N.C2H4O2/c1-9-2-5-10(8-11,6-3-9)7-4-9;1-4-2-3/h2-8,11H2,1H3;2H,1H3. The van der Waals surface area contributed by atoms with E-state index in [0.717, 1.165) is 6.54 Å². The number of methoxy groups -OCH3 is 1. The highest BCUT2D eigenvalue weighted by molar-refractivity contribution is 5.36. The van der Waals surface area contributed by atoms with Gasteiger partial charge < -0.3 is 10.5 Å². The molecular weight excluding hydrogens is 190 g/mol. The monoisotopic (exact) mass is 213 g/mol. The minimum absolute atomic E-state index is 0.375. The first-order valence-electron chi connectivity index (χ1n) is 5.76. The SMILES string of the molecule is CC12CCC(CN)(CC1)CC2.COC=O. The molecule has 2 bridgehead atoms. The third kappa shape index (κ3) is 2.94. The van der Waals surface area contributed by atoms with Gasteiger partial charge in [0.15, 0.2) is 0 Å². The van der Waals surface area contributed by atoms with Gasteiger partial charge in [0, 0.05) is 0 Å². The Labute approximate surface area is 92.4 Å². The highest BCUT2D eigenvalue weighted by atomic mass is 16.5. The van der Waals surface area contributed by atoms with Gasteiger partial charge >= 0.3 is 0 Å². The lowest BCUT2D eigenvalue weighted by molar-refractivity contribution is -0.126. The van der Waals surface area contributed by atoms with Crippen molar-refractivity contribution >= 4 is 6.47 Å². The number of hydrogen-bond donors (Lipinski definition) is 1. The molecule has 0 aromatic heterocycles. The Kier molecular flexibility index (Phi) is 4.14. The van der Waals surface area contributed by atoms with Crippen LogP contribution in [0.3, 0.4) is 0 Å². The van der Waals surface area contributed by atoms with Gasteiger partial charge in [-0.25, -0.2) is 0 Å². The molecule has 3 saturated carbocycles. The van der Waals surface area contributed by atoms with Crippen LogP contribution in [0.4, 0.5) is 0 Å². The number of rotatable bonds is 2. The predicted octanol–water partition coefficient (Wildman–Crippen LogP) is 2.09. The molecule has 0 aromatic rings. The average Bonchev–Trinajstić information content (AvgIpc) is 2.31. The van der Waals surface area contributed by atoms with E-state index in [1.54, 1.807) is 0 Å². The van der Waals surface area contributed by atoms with Crippen molar-refractivity contribution in [1.29, 1.82) is 0 Å². The van der Waals surface area contributed by atoms with Crippen molar-refractivity contribution in [2.75, 3.05) is 13.7 Å². The van der Waals surface area contributed by atoms with Crippen molar-refractivity contribution < 1.29 is 9.53 Å². The Bertz CT molecular complexity index is 191. The number of ether oxygens (including phenoxy) is 1. The fourth-order valence-corrected chi connectivity index (χ4v) is 2.76. The molecule has 0 unspecified atom stereocenters. The van der Waals surface area contributed by atoms with Crippen molar-refractivity contribution in [3.05, 3.63) is 0 Å². The van der Waals surface area contributed by atoms with Gasteiger partial charge in [-0.05, 0) is 55.9 Å². The first-order valence-corrected chi connectivity index (χ1v) is 5.76. The van der Waals surface area contributed by atoms with Crippen LogP contribution in [0.25, 0.3) is 0 Å². The Morgan fingerprint density at radius 1 is 1.20 bits per heavy atom. The van der Waals surface area contributed by atoms with E-state index < -0.39 is 0 Å². The van der Waals surface area contributed by atoms with E-state index in [2.05, 4.69) is 11.7 Å². The van der Waals surface area contributed by atoms with E-state index in [1.165, 1.54) is 45.6 Å². The summed E-state index contributed by atoms with van der Waals surface area (Å²) in [6.45, 7) is 3.76. The van der Waals surface area contributed by atoms with Crippen LogP contribution in [0.5, 0.6) is 0 Å². The lowest BCUT2D eigenvalue weighted by atomic mass is 9.54. The zero-order chi connectivity index (χ0) is 11.4. The molecule has 0 amide bonds. The maximum Gasteiger partial charge on any atom is 0.292 e. The van der Waals surface area contributed by atoms with Gasteiger partial charge in [0.2, 0.25) is 0 Å². The van der Waals surface area contributed by atoms with Gasteiger partial charge in [-0.15, -0.1) is 0 Å². The Hall–Kier alpha value is -0.570. The molecule has 3 nitrogen and oxygen atoms in total. The largest absolute Gasteiger partial charge is 0.471 e. The maximum absolute atomic E-state index is 8.95. The number of fused-ring (bicyclic) bond motifs is 3. The molecule has 0 atom stereocenters. The molecule has 2 N–H and O–H groups in total. The second-order valence-electron chi connectivity index (χ2n) is 5.35. The van der Waals surface area contributed by atoms with Crippen LogP contribution >= 0.6 is 0 Å².